The van der Waals surface area contributed by atoms with Gasteiger partial charge < -0.3 is 10.6 Å². The Hall–Kier alpha value is -0.570. The molecule has 0 aromatic heterocycles. The van der Waals surface area contributed by atoms with Gasteiger partial charge in [0, 0.05) is 25.7 Å². The van der Waals surface area contributed by atoms with Crippen LogP contribution in [0.3, 0.4) is 0 Å². The third-order valence-corrected chi connectivity index (χ3v) is 2.99. The molecule has 0 bridgehead atoms. The van der Waals surface area contributed by atoms with E-state index in [1.807, 2.05) is 0 Å². The van der Waals surface area contributed by atoms with E-state index in [2.05, 4.69) is 41.0 Å². The minimum atomic E-state index is 0. The van der Waals surface area contributed by atoms with Gasteiger partial charge in [-0.2, -0.15) is 0 Å². The lowest BCUT2D eigenvalue weighted by atomic mass is 10.0. The van der Waals surface area contributed by atoms with E-state index >= 15 is 0 Å². The number of halogens is 1. The first-order valence-electron chi connectivity index (χ1n) is 5.93. The Morgan fingerprint density at radius 1 is 1.12 bits per heavy atom. The van der Waals surface area contributed by atoms with E-state index in [1.165, 1.54) is 24.8 Å². The Morgan fingerprint density at radius 2 is 1.94 bits per heavy atom. The average Bonchev–Trinajstić information content (AvgIpc) is 2.32. The number of piperazine rings is 1. The summed E-state index contributed by atoms with van der Waals surface area (Å²) in [6, 6.07) is 11.4. The van der Waals surface area contributed by atoms with E-state index < -0.39 is 0 Å². The Balaban J connectivity index is 0.00000128. The molecule has 0 saturated carbocycles. The van der Waals surface area contributed by atoms with Gasteiger partial charge in [-0.1, -0.05) is 30.3 Å². The maximum absolute atomic E-state index is 3.54. The van der Waals surface area contributed by atoms with E-state index in [9.17, 15) is 0 Å². The normalized spacial score (nSPS) is 20.1. The van der Waals surface area contributed by atoms with Crippen molar-refractivity contribution in [1.82, 2.24) is 10.6 Å². The van der Waals surface area contributed by atoms with E-state index in [1.54, 1.807) is 0 Å². The SMILES string of the molecule is Cl.c1ccc(CCCC2CNCCN2)cc1. The largest absolute Gasteiger partial charge is 0.314 e. The van der Waals surface area contributed by atoms with Gasteiger partial charge in [-0.3, -0.25) is 0 Å². The summed E-state index contributed by atoms with van der Waals surface area (Å²) in [5.74, 6) is 0. The Kier molecular flexibility index (Phi) is 6.46. The highest BCUT2D eigenvalue weighted by atomic mass is 35.5. The Morgan fingerprint density at radius 3 is 2.62 bits per heavy atom. The maximum Gasteiger partial charge on any atom is 0.0193 e. The van der Waals surface area contributed by atoms with Crippen LogP contribution in [0.15, 0.2) is 30.3 Å². The summed E-state index contributed by atoms with van der Waals surface area (Å²) >= 11 is 0. The summed E-state index contributed by atoms with van der Waals surface area (Å²) in [4.78, 5) is 0. The van der Waals surface area contributed by atoms with Gasteiger partial charge in [0.1, 0.15) is 0 Å². The Bertz CT molecular complexity index is 271. The monoisotopic (exact) mass is 240 g/mol. The lowest BCUT2D eigenvalue weighted by molar-refractivity contribution is 0.392. The van der Waals surface area contributed by atoms with Crippen LogP contribution in [0.2, 0.25) is 0 Å². The van der Waals surface area contributed by atoms with Gasteiger partial charge in [0.25, 0.3) is 0 Å². The van der Waals surface area contributed by atoms with Crippen LogP contribution in [0, 0.1) is 0 Å². The van der Waals surface area contributed by atoms with Crippen LogP contribution in [0.4, 0.5) is 0 Å². The average molecular weight is 241 g/mol. The van der Waals surface area contributed by atoms with Crippen molar-refractivity contribution in [2.24, 2.45) is 0 Å². The molecule has 1 heterocycles. The molecule has 0 amide bonds. The minimum Gasteiger partial charge on any atom is -0.314 e. The first-order chi connectivity index (χ1) is 7.45. The zero-order valence-electron chi connectivity index (χ0n) is 9.61. The van der Waals surface area contributed by atoms with E-state index in [4.69, 9.17) is 0 Å². The van der Waals surface area contributed by atoms with Crippen molar-refractivity contribution < 1.29 is 0 Å². The van der Waals surface area contributed by atoms with E-state index in [-0.39, 0.29) is 12.4 Å². The van der Waals surface area contributed by atoms with Crippen molar-refractivity contribution in [3.8, 4) is 0 Å². The fourth-order valence-corrected chi connectivity index (χ4v) is 2.11. The predicted octanol–water partition coefficient (Wildman–Crippen LogP) is 1.99. The molecule has 0 spiro atoms. The molecule has 1 aromatic rings. The topological polar surface area (TPSA) is 24.1 Å². The van der Waals surface area contributed by atoms with Crippen molar-refractivity contribution >= 4 is 12.4 Å². The lowest BCUT2D eigenvalue weighted by Crippen LogP contribution is -2.48. The van der Waals surface area contributed by atoms with Crippen molar-refractivity contribution in [2.75, 3.05) is 19.6 Å². The molecular formula is C13H21ClN2. The van der Waals surface area contributed by atoms with Crippen LogP contribution < -0.4 is 10.6 Å². The van der Waals surface area contributed by atoms with Crippen molar-refractivity contribution in [2.45, 2.75) is 25.3 Å². The number of hydrogen-bond acceptors (Lipinski definition) is 2. The second-order valence-corrected chi connectivity index (χ2v) is 4.23. The van der Waals surface area contributed by atoms with Crippen LogP contribution >= 0.6 is 12.4 Å². The zero-order chi connectivity index (χ0) is 10.3. The third-order valence-electron chi connectivity index (χ3n) is 2.99. The first-order valence-corrected chi connectivity index (χ1v) is 5.93. The molecule has 1 saturated heterocycles. The summed E-state index contributed by atoms with van der Waals surface area (Å²) < 4.78 is 0. The molecule has 90 valence electrons. The summed E-state index contributed by atoms with van der Waals surface area (Å²) in [7, 11) is 0. The summed E-state index contributed by atoms with van der Waals surface area (Å²) in [6.07, 6.45) is 3.77. The molecule has 1 atom stereocenters. The molecule has 0 radical (unpaired) electrons. The summed E-state index contributed by atoms with van der Waals surface area (Å²) in [5, 5.41) is 6.96. The zero-order valence-corrected chi connectivity index (χ0v) is 10.4. The van der Waals surface area contributed by atoms with Gasteiger partial charge in [0.2, 0.25) is 0 Å². The van der Waals surface area contributed by atoms with Crippen LogP contribution in [0.5, 0.6) is 0 Å². The van der Waals surface area contributed by atoms with Gasteiger partial charge in [-0.25, -0.2) is 0 Å². The number of rotatable bonds is 4. The molecule has 1 fully saturated rings. The fraction of sp³-hybridized carbons (Fsp3) is 0.538. The summed E-state index contributed by atoms with van der Waals surface area (Å²) in [5.41, 5.74) is 1.46. The molecule has 1 aromatic carbocycles. The van der Waals surface area contributed by atoms with Crippen molar-refractivity contribution in [3.63, 3.8) is 0 Å². The number of benzene rings is 1. The first kappa shape index (κ1) is 13.5. The smallest absolute Gasteiger partial charge is 0.0193 e. The van der Waals surface area contributed by atoms with Crippen LogP contribution in [-0.2, 0) is 6.42 Å². The highest BCUT2D eigenvalue weighted by molar-refractivity contribution is 5.85. The van der Waals surface area contributed by atoms with E-state index in [0.29, 0.717) is 6.04 Å². The van der Waals surface area contributed by atoms with Gasteiger partial charge in [-0.05, 0) is 24.8 Å². The predicted molar refractivity (Wildman–Crippen MR) is 71.3 cm³/mol. The highest BCUT2D eigenvalue weighted by Gasteiger charge is 2.10. The molecule has 0 aliphatic carbocycles. The van der Waals surface area contributed by atoms with Gasteiger partial charge >= 0.3 is 0 Å². The van der Waals surface area contributed by atoms with Gasteiger partial charge in [0.15, 0.2) is 0 Å². The molecule has 1 unspecified atom stereocenters. The summed E-state index contributed by atoms with van der Waals surface area (Å²) in [6.45, 7) is 3.37. The molecule has 16 heavy (non-hydrogen) atoms. The second kappa shape index (κ2) is 7.66. The van der Waals surface area contributed by atoms with Crippen LogP contribution in [-0.4, -0.2) is 25.7 Å². The van der Waals surface area contributed by atoms with Crippen LogP contribution in [0.25, 0.3) is 0 Å². The Labute approximate surface area is 104 Å². The molecule has 1 aliphatic heterocycles. The molecular weight excluding hydrogens is 220 g/mol. The number of aryl methyl sites for hydroxylation is 1. The highest BCUT2D eigenvalue weighted by Crippen LogP contribution is 2.06. The number of nitrogens with one attached hydrogen (secondary N) is 2. The van der Waals surface area contributed by atoms with Gasteiger partial charge in [0.05, 0.1) is 0 Å². The molecule has 2 N–H and O–H groups in total. The van der Waals surface area contributed by atoms with Gasteiger partial charge in [-0.15, -0.1) is 12.4 Å². The molecule has 2 nitrogen and oxygen atoms in total. The van der Waals surface area contributed by atoms with Crippen molar-refractivity contribution in [1.29, 1.82) is 0 Å². The maximum atomic E-state index is 3.54. The fourth-order valence-electron chi connectivity index (χ4n) is 2.11. The molecule has 3 heteroatoms. The van der Waals surface area contributed by atoms with E-state index in [0.717, 1.165) is 19.6 Å². The standard InChI is InChI=1S/C13H20N2.ClH/c1-2-5-12(6-3-1)7-4-8-13-11-14-9-10-15-13;/h1-3,5-6,13-15H,4,7-11H2;1H. The second-order valence-electron chi connectivity index (χ2n) is 4.23. The lowest BCUT2D eigenvalue weighted by Gasteiger charge is -2.24. The molecule has 1 aliphatic rings. The van der Waals surface area contributed by atoms with Crippen molar-refractivity contribution in [3.05, 3.63) is 35.9 Å². The quantitative estimate of drug-likeness (QED) is 0.841. The minimum absolute atomic E-state index is 0. The molecule has 2 rings (SSSR count). The third kappa shape index (κ3) is 4.52. The number of hydrogen-bond donors (Lipinski definition) is 2. The van der Waals surface area contributed by atoms with Crippen LogP contribution in [0.1, 0.15) is 18.4 Å².